The van der Waals surface area contributed by atoms with E-state index in [1.807, 2.05) is 13.8 Å². The fourth-order valence-corrected chi connectivity index (χ4v) is 2.85. The number of ether oxygens (including phenoxy) is 3. The summed E-state index contributed by atoms with van der Waals surface area (Å²) >= 11 is 5.79. The highest BCUT2D eigenvalue weighted by molar-refractivity contribution is 6.43. The Kier molecular flexibility index (Phi) is 2.06. The molecule has 16 heavy (non-hydrogen) atoms. The highest BCUT2D eigenvalue weighted by Crippen LogP contribution is 2.47. The summed E-state index contributed by atoms with van der Waals surface area (Å²) in [7, 11) is 0. The molecule has 0 amide bonds. The van der Waals surface area contributed by atoms with E-state index in [0.29, 0.717) is 12.8 Å². The largest absolute Gasteiger partial charge is 0.342 e. The van der Waals surface area contributed by atoms with Gasteiger partial charge in [-0.15, -0.1) is 0 Å². The molecule has 5 heteroatoms. The molecular formula is C11H13ClO4. The number of allylic oxidation sites excluding steroid dienone is 1. The van der Waals surface area contributed by atoms with Gasteiger partial charge in [0.2, 0.25) is 0 Å². The summed E-state index contributed by atoms with van der Waals surface area (Å²) < 4.78 is 17.1. The van der Waals surface area contributed by atoms with Crippen LogP contribution in [0.2, 0.25) is 0 Å². The summed E-state index contributed by atoms with van der Waals surface area (Å²) in [6.07, 6.45) is 2.12. The summed E-state index contributed by atoms with van der Waals surface area (Å²) in [6, 6.07) is 0. The zero-order chi connectivity index (χ0) is 11.6. The average molecular weight is 245 g/mol. The summed E-state index contributed by atoms with van der Waals surface area (Å²) in [5.41, 5.74) is -0.597. The Morgan fingerprint density at radius 2 is 2.12 bits per heavy atom. The molecule has 3 aliphatic rings. The zero-order valence-electron chi connectivity index (χ0n) is 9.16. The topological polar surface area (TPSA) is 44.8 Å². The molecule has 3 rings (SSSR count). The number of hydrogen-bond acceptors (Lipinski definition) is 4. The number of carbonyl (C=O) groups excluding carboxylic acids is 1. The Balaban J connectivity index is 1.80. The van der Waals surface area contributed by atoms with E-state index in [1.165, 1.54) is 0 Å². The van der Waals surface area contributed by atoms with Gasteiger partial charge in [0.25, 0.3) is 0 Å². The fourth-order valence-electron chi connectivity index (χ4n) is 2.59. The molecule has 2 aliphatic heterocycles. The van der Waals surface area contributed by atoms with Crippen LogP contribution in [0.25, 0.3) is 0 Å². The quantitative estimate of drug-likeness (QED) is 0.651. The first-order valence-electron chi connectivity index (χ1n) is 5.34. The number of hydrogen-bond donors (Lipinski definition) is 0. The summed E-state index contributed by atoms with van der Waals surface area (Å²) in [6.45, 7) is 3.70. The first-order chi connectivity index (χ1) is 7.39. The van der Waals surface area contributed by atoms with Crippen LogP contribution in [0.15, 0.2) is 11.1 Å². The van der Waals surface area contributed by atoms with Gasteiger partial charge in [-0.25, -0.2) is 0 Å². The van der Waals surface area contributed by atoms with E-state index in [0.717, 1.165) is 0 Å². The van der Waals surface area contributed by atoms with Crippen molar-refractivity contribution in [3.8, 4) is 0 Å². The summed E-state index contributed by atoms with van der Waals surface area (Å²) in [4.78, 5) is 11.4. The molecule has 2 saturated heterocycles. The third-order valence-electron chi connectivity index (χ3n) is 3.15. The third kappa shape index (κ3) is 1.52. The molecule has 0 unspecified atom stereocenters. The first kappa shape index (κ1) is 10.7. The van der Waals surface area contributed by atoms with Crippen molar-refractivity contribution >= 4 is 17.4 Å². The molecule has 4 nitrogen and oxygen atoms in total. The maximum absolute atomic E-state index is 11.4. The second-order valence-corrected chi connectivity index (χ2v) is 5.43. The standard InChI is InChI=1S/C11H13ClO4/c1-10(2)14-8-5-11(16-9(8)15-10)3-6(12)7(13)4-11/h3,8-9H,4-5H2,1-2H3/t8-,9+,11-/m1/s1. The summed E-state index contributed by atoms with van der Waals surface area (Å²) in [5, 5.41) is 0.263. The molecule has 0 aromatic rings. The molecule has 0 N–H and O–H groups in total. The molecule has 88 valence electrons. The SMILES string of the molecule is CC1(C)O[C@H]2O[C@@]3(C=C(Cl)C(=O)C3)C[C@H]2O1. The van der Waals surface area contributed by atoms with Crippen molar-refractivity contribution in [2.24, 2.45) is 0 Å². The smallest absolute Gasteiger partial charge is 0.188 e. The second-order valence-electron chi connectivity index (χ2n) is 5.02. The highest BCUT2D eigenvalue weighted by Gasteiger charge is 2.56. The lowest BCUT2D eigenvalue weighted by Gasteiger charge is -2.25. The lowest BCUT2D eigenvalue weighted by atomic mass is 9.98. The maximum atomic E-state index is 11.4. The Hall–Kier alpha value is -0.420. The molecule has 3 atom stereocenters. The van der Waals surface area contributed by atoms with Crippen LogP contribution < -0.4 is 0 Å². The van der Waals surface area contributed by atoms with Crippen LogP contribution in [0.5, 0.6) is 0 Å². The third-order valence-corrected chi connectivity index (χ3v) is 3.47. The van der Waals surface area contributed by atoms with E-state index >= 15 is 0 Å². The van der Waals surface area contributed by atoms with Gasteiger partial charge in [0.1, 0.15) is 11.7 Å². The van der Waals surface area contributed by atoms with Crippen molar-refractivity contribution < 1.29 is 19.0 Å². The fraction of sp³-hybridized carbons (Fsp3) is 0.727. The molecule has 1 spiro atoms. The maximum Gasteiger partial charge on any atom is 0.188 e. The average Bonchev–Trinajstić information content (AvgIpc) is 2.62. The lowest BCUT2D eigenvalue weighted by Crippen LogP contribution is -2.30. The van der Waals surface area contributed by atoms with Crippen molar-refractivity contribution in [1.29, 1.82) is 0 Å². The number of Topliss-reactive ketones (excluding diaryl/α,β-unsaturated/α-hetero) is 1. The Morgan fingerprint density at radius 3 is 2.69 bits per heavy atom. The van der Waals surface area contributed by atoms with Gasteiger partial charge in [-0.2, -0.15) is 0 Å². The number of rotatable bonds is 0. The summed E-state index contributed by atoms with van der Waals surface area (Å²) in [5.74, 6) is -0.673. The van der Waals surface area contributed by atoms with Crippen LogP contribution in [0.4, 0.5) is 0 Å². The minimum atomic E-state index is -0.604. The van der Waals surface area contributed by atoms with Crippen LogP contribution in [0, 0.1) is 0 Å². The monoisotopic (exact) mass is 244 g/mol. The van der Waals surface area contributed by atoms with Crippen molar-refractivity contribution in [3.63, 3.8) is 0 Å². The van der Waals surface area contributed by atoms with Gasteiger partial charge >= 0.3 is 0 Å². The molecule has 0 aromatic carbocycles. The zero-order valence-corrected chi connectivity index (χ0v) is 9.91. The van der Waals surface area contributed by atoms with Gasteiger partial charge in [-0.05, 0) is 19.9 Å². The van der Waals surface area contributed by atoms with Crippen molar-refractivity contribution in [1.82, 2.24) is 0 Å². The van der Waals surface area contributed by atoms with Gasteiger partial charge in [0, 0.05) is 12.8 Å². The Bertz CT molecular complexity index is 371. The van der Waals surface area contributed by atoms with E-state index < -0.39 is 11.4 Å². The minimum Gasteiger partial charge on any atom is -0.342 e. The molecule has 0 saturated carbocycles. The molecule has 2 fully saturated rings. The van der Waals surface area contributed by atoms with E-state index in [2.05, 4.69) is 0 Å². The molecule has 2 heterocycles. The Labute approximate surface area is 98.5 Å². The first-order valence-corrected chi connectivity index (χ1v) is 5.72. The lowest BCUT2D eigenvalue weighted by molar-refractivity contribution is -0.216. The van der Waals surface area contributed by atoms with Crippen LogP contribution in [-0.2, 0) is 19.0 Å². The normalized spacial score (nSPS) is 45.2. The van der Waals surface area contributed by atoms with Gasteiger partial charge in [0.05, 0.1) is 5.03 Å². The van der Waals surface area contributed by atoms with Crippen LogP contribution in [0.3, 0.4) is 0 Å². The highest BCUT2D eigenvalue weighted by atomic mass is 35.5. The predicted molar refractivity (Wildman–Crippen MR) is 55.8 cm³/mol. The molecule has 0 aromatic heterocycles. The molecule has 0 bridgehead atoms. The number of carbonyl (C=O) groups is 1. The predicted octanol–water partition coefficient (Wildman–Crippen LogP) is 1.72. The number of halogens is 1. The van der Waals surface area contributed by atoms with Crippen LogP contribution >= 0.6 is 11.6 Å². The van der Waals surface area contributed by atoms with Crippen LogP contribution in [0.1, 0.15) is 26.7 Å². The van der Waals surface area contributed by atoms with Crippen molar-refractivity contribution in [2.45, 2.75) is 50.5 Å². The van der Waals surface area contributed by atoms with E-state index in [4.69, 9.17) is 25.8 Å². The van der Waals surface area contributed by atoms with Crippen molar-refractivity contribution in [2.75, 3.05) is 0 Å². The molecule has 0 radical (unpaired) electrons. The van der Waals surface area contributed by atoms with Gasteiger partial charge in [0.15, 0.2) is 17.9 Å². The van der Waals surface area contributed by atoms with Crippen molar-refractivity contribution in [3.05, 3.63) is 11.1 Å². The van der Waals surface area contributed by atoms with Gasteiger partial charge in [-0.3, -0.25) is 4.79 Å². The number of ketones is 1. The van der Waals surface area contributed by atoms with E-state index in [9.17, 15) is 4.79 Å². The van der Waals surface area contributed by atoms with Gasteiger partial charge < -0.3 is 14.2 Å². The number of fused-ring (bicyclic) bond motifs is 1. The molecular weight excluding hydrogens is 232 g/mol. The van der Waals surface area contributed by atoms with E-state index in [-0.39, 0.29) is 23.2 Å². The minimum absolute atomic E-state index is 0.0686. The van der Waals surface area contributed by atoms with Gasteiger partial charge in [-0.1, -0.05) is 11.6 Å². The van der Waals surface area contributed by atoms with E-state index in [1.54, 1.807) is 6.08 Å². The Morgan fingerprint density at radius 1 is 1.38 bits per heavy atom. The molecule has 1 aliphatic carbocycles. The van der Waals surface area contributed by atoms with Crippen LogP contribution in [-0.4, -0.2) is 29.6 Å². The second kappa shape index (κ2) is 3.07.